The van der Waals surface area contributed by atoms with Crippen molar-refractivity contribution < 1.29 is 13.2 Å². The number of carbonyl (C=O) groups excluding carboxylic acids is 1. The molecule has 0 aliphatic carbocycles. The minimum atomic E-state index is -3.99. The van der Waals surface area contributed by atoms with Crippen LogP contribution >= 0.6 is 11.6 Å². The smallest absolute Gasteiger partial charge is 0.263 e. The third-order valence-corrected chi connectivity index (χ3v) is 8.04. The standard InChI is InChI=1S/C26H28ClN3O3S/c1-18-6-5-7-24(19(18)2)29-34(32,33)25-16-21(10-13-23(25)27)26(31)28-17-20-8-11-22(12-9-20)30-14-3-4-15-30/h5-13,16,29H,3-4,14-15,17H2,1-2H3,(H,28,31). The van der Waals surface area contributed by atoms with E-state index >= 15 is 0 Å². The minimum Gasteiger partial charge on any atom is -0.372 e. The van der Waals surface area contributed by atoms with Gasteiger partial charge in [0.1, 0.15) is 4.90 Å². The van der Waals surface area contributed by atoms with Crippen LogP contribution in [0.2, 0.25) is 5.02 Å². The van der Waals surface area contributed by atoms with Crippen molar-refractivity contribution in [1.82, 2.24) is 5.32 Å². The Balaban J connectivity index is 1.46. The molecule has 1 saturated heterocycles. The fourth-order valence-electron chi connectivity index (χ4n) is 4.00. The molecule has 1 amide bonds. The summed E-state index contributed by atoms with van der Waals surface area (Å²) in [6.07, 6.45) is 2.44. The SMILES string of the molecule is Cc1cccc(NS(=O)(=O)c2cc(C(=O)NCc3ccc(N4CCCC4)cc3)ccc2Cl)c1C. The van der Waals surface area contributed by atoms with Gasteiger partial charge >= 0.3 is 0 Å². The summed E-state index contributed by atoms with van der Waals surface area (Å²) in [6, 6.07) is 17.8. The molecule has 3 aromatic carbocycles. The molecule has 0 saturated carbocycles. The van der Waals surface area contributed by atoms with Gasteiger partial charge in [0, 0.05) is 30.9 Å². The molecule has 1 aliphatic rings. The number of halogens is 1. The Morgan fingerprint density at radius 3 is 2.41 bits per heavy atom. The number of anilines is 2. The lowest BCUT2D eigenvalue weighted by Crippen LogP contribution is -2.23. The number of aryl methyl sites for hydroxylation is 1. The number of amides is 1. The Kier molecular flexibility index (Phi) is 7.14. The Labute approximate surface area is 206 Å². The van der Waals surface area contributed by atoms with Gasteiger partial charge in [0.15, 0.2) is 0 Å². The molecule has 178 valence electrons. The molecule has 1 fully saturated rings. The molecule has 0 unspecified atom stereocenters. The molecule has 0 bridgehead atoms. The predicted octanol–water partition coefficient (Wildman–Crippen LogP) is 5.29. The van der Waals surface area contributed by atoms with Crippen molar-refractivity contribution in [3.63, 3.8) is 0 Å². The van der Waals surface area contributed by atoms with Gasteiger partial charge < -0.3 is 10.2 Å². The Hall–Kier alpha value is -3.03. The van der Waals surface area contributed by atoms with Crippen molar-refractivity contribution in [3.8, 4) is 0 Å². The fraction of sp³-hybridized carbons (Fsp3) is 0.269. The highest BCUT2D eigenvalue weighted by Gasteiger charge is 2.21. The first-order chi connectivity index (χ1) is 16.2. The summed E-state index contributed by atoms with van der Waals surface area (Å²) in [7, 11) is -3.99. The van der Waals surface area contributed by atoms with E-state index in [4.69, 9.17) is 11.6 Å². The summed E-state index contributed by atoms with van der Waals surface area (Å²) in [4.78, 5) is 15.0. The quantitative estimate of drug-likeness (QED) is 0.465. The summed E-state index contributed by atoms with van der Waals surface area (Å²) >= 11 is 6.21. The number of benzene rings is 3. The molecule has 1 heterocycles. The first kappa shape index (κ1) is 24.1. The summed E-state index contributed by atoms with van der Waals surface area (Å²) in [5.41, 5.74) is 4.65. The predicted molar refractivity (Wildman–Crippen MR) is 137 cm³/mol. The number of hydrogen-bond acceptors (Lipinski definition) is 4. The maximum absolute atomic E-state index is 13.0. The molecule has 8 heteroatoms. The molecule has 4 rings (SSSR count). The van der Waals surface area contributed by atoms with Crippen LogP contribution in [0.1, 0.15) is 39.9 Å². The molecule has 34 heavy (non-hydrogen) atoms. The number of hydrogen-bond donors (Lipinski definition) is 2. The van der Waals surface area contributed by atoms with E-state index in [0.29, 0.717) is 12.2 Å². The third kappa shape index (κ3) is 5.37. The fourth-order valence-corrected chi connectivity index (χ4v) is 5.65. The van der Waals surface area contributed by atoms with Crippen molar-refractivity contribution in [2.75, 3.05) is 22.7 Å². The van der Waals surface area contributed by atoms with Gasteiger partial charge in [-0.3, -0.25) is 9.52 Å². The van der Waals surface area contributed by atoms with Crippen LogP contribution in [0.5, 0.6) is 0 Å². The van der Waals surface area contributed by atoms with E-state index in [-0.39, 0.29) is 21.4 Å². The first-order valence-electron chi connectivity index (χ1n) is 11.3. The normalized spacial score (nSPS) is 13.7. The summed E-state index contributed by atoms with van der Waals surface area (Å²) in [6.45, 7) is 6.25. The van der Waals surface area contributed by atoms with Crippen molar-refractivity contribution in [2.45, 2.75) is 38.1 Å². The van der Waals surface area contributed by atoms with Crippen LogP contribution in [0.4, 0.5) is 11.4 Å². The lowest BCUT2D eigenvalue weighted by molar-refractivity contribution is 0.0950. The van der Waals surface area contributed by atoms with Gasteiger partial charge in [-0.25, -0.2) is 8.42 Å². The second-order valence-corrected chi connectivity index (χ2v) is 10.6. The highest BCUT2D eigenvalue weighted by atomic mass is 35.5. The van der Waals surface area contributed by atoms with Gasteiger partial charge in [0.2, 0.25) is 0 Å². The average molecular weight is 498 g/mol. The summed E-state index contributed by atoms with van der Waals surface area (Å²) < 4.78 is 28.7. The Morgan fingerprint density at radius 1 is 1.00 bits per heavy atom. The van der Waals surface area contributed by atoms with Gasteiger partial charge in [-0.05, 0) is 79.8 Å². The molecule has 0 aromatic heterocycles. The van der Waals surface area contributed by atoms with Crippen LogP contribution in [0.15, 0.2) is 65.6 Å². The molecule has 0 atom stereocenters. The average Bonchev–Trinajstić information content (AvgIpc) is 3.36. The van der Waals surface area contributed by atoms with Gasteiger partial charge in [-0.15, -0.1) is 0 Å². The van der Waals surface area contributed by atoms with Crippen molar-refractivity contribution in [3.05, 3.63) is 87.9 Å². The monoisotopic (exact) mass is 497 g/mol. The zero-order valence-corrected chi connectivity index (χ0v) is 20.8. The highest BCUT2D eigenvalue weighted by Crippen LogP contribution is 2.27. The second kappa shape index (κ2) is 10.1. The third-order valence-electron chi connectivity index (χ3n) is 6.19. The molecule has 0 spiro atoms. The largest absolute Gasteiger partial charge is 0.372 e. The lowest BCUT2D eigenvalue weighted by Gasteiger charge is -2.17. The molecular formula is C26H28ClN3O3S. The van der Waals surface area contributed by atoms with Crippen molar-refractivity contribution in [2.24, 2.45) is 0 Å². The zero-order valence-electron chi connectivity index (χ0n) is 19.3. The van der Waals surface area contributed by atoms with E-state index in [1.807, 2.05) is 32.0 Å². The molecule has 3 aromatic rings. The van der Waals surface area contributed by atoms with E-state index in [1.165, 1.54) is 36.7 Å². The summed E-state index contributed by atoms with van der Waals surface area (Å²) in [5, 5.41) is 2.91. The van der Waals surface area contributed by atoms with Crippen LogP contribution in [-0.4, -0.2) is 27.4 Å². The molecule has 0 radical (unpaired) electrons. The van der Waals surface area contributed by atoms with E-state index in [2.05, 4.69) is 27.1 Å². The van der Waals surface area contributed by atoms with E-state index in [1.54, 1.807) is 12.1 Å². The van der Waals surface area contributed by atoms with Crippen molar-refractivity contribution in [1.29, 1.82) is 0 Å². The highest BCUT2D eigenvalue weighted by molar-refractivity contribution is 7.92. The summed E-state index contributed by atoms with van der Waals surface area (Å²) in [5.74, 6) is -0.372. The maximum atomic E-state index is 13.0. The van der Waals surface area contributed by atoms with Gasteiger partial charge in [-0.1, -0.05) is 35.9 Å². The van der Waals surface area contributed by atoms with E-state index in [9.17, 15) is 13.2 Å². The van der Waals surface area contributed by atoms with Gasteiger partial charge in [0.25, 0.3) is 15.9 Å². The number of nitrogens with zero attached hydrogens (tertiary/aromatic N) is 1. The van der Waals surface area contributed by atoms with Crippen molar-refractivity contribution >= 4 is 38.9 Å². The second-order valence-electron chi connectivity index (χ2n) is 8.54. The lowest BCUT2D eigenvalue weighted by atomic mass is 10.1. The van der Waals surface area contributed by atoms with Gasteiger partial charge in [0.05, 0.1) is 10.7 Å². The van der Waals surface area contributed by atoms with Crippen LogP contribution in [-0.2, 0) is 16.6 Å². The van der Waals surface area contributed by atoms with E-state index in [0.717, 1.165) is 29.8 Å². The topological polar surface area (TPSA) is 78.5 Å². The minimum absolute atomic E-state index is 0.0480. The van der Waals surface area contributed by atoms with E-state index < -0.39 is 10.0 Å². The van der Waals surface area contributed by atoms with Gasteiger partial charge in [-0.2, -0.15) is 0 Å². The molecule has 6 nitrogen and oxygen atoms in total. The number of sulfonamides is 1. The van der Waals surface area contributed by atoms with Crippen LogP contribution < -0.4 is 14.9 Å². The number of rotatable bonds is 7. The molecule has 1 aliphatic heterocycles. The zero-order chi connectivity index (χ0) is 24.3. The van der Waals surface area contributed by atoms with Crippen LogP contribution in [0, 0.1) is 13.8 Å². The molecule has 2 N–H and O–H groups in total. The Bertz CT molecular complexity index is 1300. The van der Waals surface area contributed by atoms with Crippen LogP contribution in [0.3, 0.4) is 0 Å². The Morgan fingerprint density at radius 2 is 1.71 bits per heavy atom. The number of nitrogens with one attached hydrogen (secondary N) is 2. The molecular weight excluding hydrogens is 470 g/mol. The number of carbonyl (C=O) groups is 1. The van der Waals surface area contributed by atoms with Crippen LogP contribution in [0.25, 0.3) is 0 Å². The maximum Gasteiger partial charge on any atom is 0.263 e. The first-order valence-corrected chi connectivity index (χ1v) is 13.1.